The Morgan fingerprint density at radius 2 is 2.14 bits per heavy atom. The van der Waals surface area contributed by atoms with Crippen molar-refractivity contribution in [3.05, 3.63) is 41.7 Å². The lowest BCUT2D eigenvalue weighted by molar-refractivity contribution is 0.165. The molecule has 0 saturated carbocycles. The number of rotatable bonds is 4. The van der Waals surface area contributed by atoms with E-state index in [1.165, 1.54) is 0 Å². The second kappa shape index (κ2) is 5.91. The van der Waals surface area contributed by atoms with Crippen molar-refractivity contribution in [2.24, 2.45) is 0 Å². The molecule has 21 heavy (non-hydrogen) atoms. The zero-order valence-electron chi connectivity index (χ0n) is 12.2. The Balaban J connectivity index is 1.81. The molecule has 0 atom stereocenters. The van der Waals surface area contributed by atoms with Crippen LogP contribution in [-0.4, -0.2) is 25.3 Å². The van der Waals surface area contributed by atoms with Gasteiger partial charge in [-0.2, -0.15) is 0 Å². The molecule has 2 aromatic rings. The fourth-order valence-electron chi connectivity index (χ4n) is 2.28. The number of fused-ring (bicyclic) bond motifs is 1. The van der Waals surface area contributed by atoms with Gasteiger partial charge in [-0.1, -0.05) is 0 Å². The van der Waals surface area contributed by atoms with Crippen LogP contribution in [-0.2, 0) is 6.54 Å². The normalized spacial score (nSPS) is 12.9. The number of ether oxygens (including phenoxy) is 3. The lowest BCUT2D eigenvalue weighted by Crippen LogP contribution is -2.16. The molecule has 1 N–H and O–H groups in total. The number of anilines is 1. The summed E-state index contributed by atoms with van der Waals surface area (Å²) in [4.78, 5) is 4.13. The third kappa shape index (κ3) is 2.86. The summed E-state index contributed by atoms with van der Waals surface area (Å²) in [6, 6.07) is 5.93. The van der Waals surface area contributed by atoms with Gasteiger partial charge in [-0.05, 0) is 36.2 Å². The molecule has 0 saturated heterocycles. The van der Waals surface area contributed by atoms with E-state index in [2.05, 4.69) is 17.2 Å². The highest BCUT2D eigenvalue weighted by Gasteiger charge is 2.18. The van der Waals surface area contributed by atoms with E-state index in [1.807, 2.05) is 24.4 Å². The summed E-state index contributed by atoms with van der Waals surface area (Å²) in [6.07, 6.45) is 3.61. The molecule has 0 bridgehead atoms. The van der Waals surface area contributed by atoms with Crippen LogP contribution in [0.25, 0.3) is 0 Å². The lowest BCUT2D eigenvalue weighted by Gasteiger charge is -2.21. The number of benzene rings is 1. The van der Waals surface area contributed by atoms with Crippen molar-refractivity contribution < 1.29 is 14.2 Å². The molecule has 0 spiro atoms. The van der Waals surface area contributed by atoms with Gasteiger partial charge in [-0.15, -0.1) is 0 Å². The van der Waals surface area contributed by atoms with Gasteiger partial charge in [0.25, 0.3) is 0 Å². The zero-order valence-corrected chi connectivity index (χ0v) is 12.2. The second-order valence-corrected chi connectivity index (χ2v) is 4.87. The van der Waals surface area contributed by atoms with E-state index in [1.54, 1.807) is 13.3 Å². The van der Waals surface area contributed by atoms with E-state index >= 15 is 0 Å². The summed E-state index contributed by atoms with van der Waals surface area (Å²) in [5.41, 5.74) is 3.25. The van der Waals surface area contributed by atoms with E-state index < -0.39 is 0 Å². The lowest BCUT2D eigenvalue weighted by atomic mass is 10.1. The molecule has 0 aliphatic carbocycles. The van der Waals surface area contributed by atoms with Crippen LogP contribution >= 0.6 is 0 Å². The van der Waals surface area contributed by atoms with Gasteiger partial charge in [0.2, 0.25) is 5.75 Å². The highest BCUT2D eigenvalue weighted by molar-refractivity contribution is 5.55. The van der Waals surface area contributed by atoms with Crippen LogP contribution in [0.4, 0.5) is 5.69 Å². The van der Waals surface area contributed by atoms with E-state index in [4.69, 9.17) is 14.2 Å². The van der Waals surface area contributed by atoms with Gasteiger partial charge in [-0.25, -0.2) is 0 Å². The van der Waals surface area contributed by atoms with Crippen molar-refractivity contribution in [2.45, 2.75) is 13.5 Å². The number of hydrogen-bond acceptors (Lipinski definition) is 5. The standard InChI is InChI=1S/C16H18N2O3/c1-11-3-4-17-10-13(11)18-9-12-7-14(19-2)16-15(8-12)20-5-6-21-16/h3-4,7-8,10,18H,5-6,9H2,1-2H3. The first-order valence-electron chi connectivity index (χ1n) is 6.89. The molecule has 0 amide bonds. The number of methoxy groups -OCH3 is 1. The summed E-state index contributed by atoms with van der Waals surface area (Å²) in [6.45, 7) is 3.83. The minimum absolute atomic E-state index is 0.551. The highest BCUT2D eigenvalue weighted by atomic mass is 16.6. The minimum atomic E-state index is 0.551. The minimum Gasteiger partial charge on any atom is -0.493 e. The monoisotopic (exact) mass is 286 g/mol. The number of pyridine rings is 1. The fourth-order valence-corrected chi connectivity index (χ4v) is 2.28. The van der Waals surface area contributed by atoms with Crippen LogP contribution in [0.5, 0.6) is 17.2 Å². The Hall–Kier alpha value is -2.43. The number of hydrogen-bond donors (Lipinski definition) is 1. The molecular formula is C16H18N2O3. The van der Waals surface area contributed by atoms with Crippen LogP contribution in [0.2, 0.25) is 0 Å². The molecule has 5 nitrogen and oxygen atoms in total. The van der Waals surface area contributed by atoms with Gasteiger partial charge in [-0.3, -0.25) is 4.98 Å². The Bertz CT molecular complexity index is 626. The van der Waals surface area contributed by atoms with Gasteiger partial charge >= 0.3 is 0 Å². The largest absolute Gasteiger partial charge is 0.493 e. The summed E-state index contributed by atoms with van der Waals surface area (Å²) in [5, 5.41) is 3.37. The molecule has 0 unspecified atom stereocenters. The highest BCUT2D eigenvalue weighted by Crippen LogP contribution is 2.40. The third-order valence-electron chi connectivity index (χ3n) is 3.41. The molecule has 1 aromatic heterocycles. The summed E-state index contributed by atoms with van der Waals surface area (Å²) in [5.74, 6) is 2.12. The van der Waals surface area contributed by atoms with Crippen molar-refractivity contribution in [3.63, 3.8) is 0 Å². The van der Waals surface area contributed by atoms with Gasteiger partial charge < -0.3 is 19.5 Å². The van der Waals surface area contributed by atoms with E-state index in [-0.39, 0.29) is 0 Å². The third-order valence-corrected chi connectivity index (χ3v) is 3.41. The summed E-state index contributed by atoms with van der Waals surface area (Å²) >= 11 is 0. The smallest absolute Gasteiger partial charge is 0.203 e. The van der Waals surface area contributed by atoms with Crippen LogP contribution in [0.15, 0.2) is 30.6 Å². The molecule has 2 heterocycles. The predicted octanol–water partition coefficient (Wildman–Crippen LogP) is 2.78. The molecule has 1 aliphatic rings. The molecule has 0 radical (unpaired) electrons. The van der Waals surface area contributed by atoms with Gasteiger partial charge in [0.1, 0.15) is 13.2 Å². The van der Waals surface area contributed by atoms with E-state index in [0.29, 0.717) is 31.3 Å². The summed E-state index contributed by atoms with van der Waals surface area (Å²) < 4.78 is 16.6. The maximum Gasteiger partial charge on any atom is 0.203 e. The average Bonchev–Trinajstić information content (AvgIpc) is 2.53. The first-order chi connectivity index (χ1) is 10.3. The molecule has 5 heteroatoms. The zero-order chi connectivity index (χ0) is 14.7. The Labute approximate surface area is 123 Å². The van der Waals surface area contributed by atoms with Crippen molar-refractivity contribution in [2.75, 3.05) is 25.6 Å². The SMILES string of the molecule is COc1cc(CNc2cnccc2C)cc2c1OCCO2. The Kier molecular flexibility index (Phi) is 3.81. The fraction of sp³-hybridized carbons (Fsp3) is 0.312. The number of nitrogens with one attached hydrogen (secondary N) is 1. The van der Waals surface area contributed by atoms with Crippen LogP contribution in [0.3, 0.4) is 0 Å². The average molecular weight is 286 g/mol. The van der Waals surface area contributed by atoms with Crippen LogP contribution < -0.4 is 19.5 Å². The molecule has 0 fully saturated rings. The van der Waals surface area contributed by atoms with Gasteiger partial charge in [0.15, 0.2) is 11.5 Å². The van der Waals surface area contributed by atoms with Gasteiger partial charge in [0.05, 0.1) is 19.0 Å². The van der Waals surface area contributed by atoms with E-state index in [9.17, 15) is 0 Å². The molecule has 3 rings (SSSR count). The summed E-state index contributed by atoms with van der Waals surface area (Å²) in [7, 11) is 1.63. The Morgan fingerprint density at radius 3 is 2.95 bits per heavy atom. The maximum atomic E-state index is 5.64. The molecule has 1 aromatic carbocycles. The second-order valence-electron chi connectivity index (χ2n) is 4.87. The van der Waals surface area contributed by atoms with Crippen LogP contribution in [0, 0.1) is 6.92 Å². The quantitative estimate of drug-likeness (QED) is 0.936. The topological polar surface area (TPSA) is 52.6 Å². The molecule has 1 aliphatic heterocycles. The van der Waals surface area contributed by atoms with Gasteiger partial charge in [0, 0.05) is 12.7 Å². The first-order valence-corrected chi connectivity index (χ1v) is 6.89. The van der Waals surface area contributed by atoms with Crippen molar-refractivity contribution in [1.82, 2.24) is 4.98 Å². The molecular weight excluding hydrogens is 268 g/mol. The maximum absolute atomic E-state index is 5.64. The first kappa shape index (κ1) is 13.5. The number of nitrogens with zero attached hydrogens (tertiary/aromatic N) is 1. The van der Waals surface area contributed by atoms with Crippen molar-refractivity contribution in [1.29, 1.82) is 0 Å². The van der Waals surface area contributed by atoms with Crippen molar-refractivity contribution >= 4 is 5.69 Å². The Morgan fingerprint density at radius 1 is 1.29 bits per heavy atom. The predicted molar refractivity (Wildman–Crippen MR) is 80.3 cm³/mol. The number of aryl methyl sites for hydroxylation is 1. The molecule has 110 valence electrons. The van der Waals surface area contributed by atoms with Crippen LogP contribution in [0.1, 0.15) is 11.1 Å². The van der Waals surface area contributed by atoms with E-state index in [0.717, 1.165) is 22.6 Å². The number of aromatic nitrogens is 1. The van der Waals surface area contributed by atoms with Crippen molar-refractivity contribution in [3.8, 4) is 17.2 Å².